The molecule has 0 aromatic heterocycles. The van der Waals surface area contributed by atoms with E-state index in [1.807, 2.05) is 24.3 Å². The Labute approximate surface area is 127 Å². The van der Waals surface area contributed by atoms with Gasteiger partial charge in [-0.1, -0.05) is 25.1 Å². The van der Waals surface area contributed by atoms with Gasteiger partial charge in [-0.2, -0.15) is 0 Å². The van der Waals surface area contributed by atoms with Crippen molar-refractivity contribution in [1.82, 2.24) is 4.90 Å². The maximum absolute atomic E-state index is 5.74. The molecule has 0 unspecified atom stereocenters. The summed E-state index contributed by atoms with van der Waals surface area (Å²) < 4.78 is 5.74. The quantitative estimate of drug-likeness (QED) is 0.619. The number of benzene rings is 1. The standard InChI is InChI=1S/C16H24N2OS/c1-18(14-5-2-3-6-14)11-4-12-19-15-9-7-13(8-10-15)16(17)20/h7-10,14H,2-6,11-12H2,1H3,(H2,17,20). The van der Waals surface area contributed by atoms with Crippen LogP contribution in [0.25, 0.3) is 0 Å². The molecule has 3 nitrogen and oxygen atoms in total. The third-order valence-corrected chi connectivity index (χ3v) is 4.25. The van der Waals surface area contributed by atoms with E-state index in [2.05, 4.69) is 11.9 Å². The van der Waals surface area contributed by atoms with Crippen LogP contribution in [0.5, 0.6) is 5.75 Å². The minimum atomic E-state index is 0.426. The summed E-state index contributed by atoms with van der Waals surface area (Å²) in [4.78, 5) is 2.90. The van der Waals surface area contributed by atoms with Gasteiger partial charge in [0.15, 0.2) is 0 Å². The van der Waals surface area contributed by atoms with Gasteiger partial charge in [-0.05, 0) is 50.6 Å². The topological polar surface area (TPSA) is 38.5 Å². The van der Waals surface area contributed by atoms with Crippen LogP contribution in [0.2, 0.25) is 0 Å². The van der Waals surface area contributed by atoms with Gasteiger partial charge in [0.1, 0.15) is 10.7 Å². The van der Waals surface area contributed by atoms with Crippen LogP contribution in [-0.2, 0) is 0 Å². The van der Waals surface area contributed by atoms with E-state index in [0.717, 1.165) is 36.9 Å². The average Bonchev–Trinajstić information content (AvgIpc) is 2.98. The van der Waals surface area contributed by atoms with Crippen LogP contribution in [0.1, 0.15) is 37.7 Å². The maximum Gasteiger partial charge on any atom is 0.119 e. The summed E-state index contributed by atoms with van der Waals surface area (Å²) >= 11 is 4.92. The molecule has 1 fully saturated rings. The fourth-order valence-corrected chi connectivity index (χ4v) is 2.88. The van der Waals surface area contributed by atoms with Gasteiger partial charge < -0.3 is 15.4 Å². The summed E-state index contributed by atoms with van der Waals surface area (Å²) in [5.74, 6) is 0.883. The van der Waals surface area contributed by atoms with E-state index >= 15 is 0 Å². The Hall–Kier alpha value is -1.13. The third kappa shape index (κ3) is 4.46. The van der Waals surface area contributed by atoms with Crippen molar-refractivity contribution in [2.75, 3.05) is 20.2 Å². The lowest BCUT2D eigenvalue weighted by atomic mass is 10.2. The SMILES string of the molecule is CN(CCCOc1ccc(C(N)=S)cc1)C1CCCC1. The van der Waals surface area contributed by atoms with Crippen LogP contribution in [0.15, 0.2) is 24.3 Å². The van der Waals surface area contributed by atoms with E-state index in [0.29, 0.717) is 4.99 Å². The Kier molecular flexibility index (Phi) is 5.80. The van der Waals surface area contributed by atoms with Crippen LogP contribution in [0, 0.1) is 0 Å². The number of rotatable bonds is 7. The zero-order valence-corrected chi connectivity index (χ0v) is 13.0. The molecule has 0 aliphatic heterocycles. The van der Waals surface area contributed by atoms with Crippen LogP contribution < -0.4 is 10.5 Å². The Morgan fingerprint density at radius 1 is 1.30 bits per heavy atom. The molecule has 2 N–H and O–H groups in total. The largest absolute Gasteiger partial charge is 0.494 e. The molecule has 0 amide bonds. The molecule has 0 heterocycles. The van der Waals surface area contributed by atoms with E-state index in [9.17, 15) is 0 Å². The number of thiocarbonyl (C=S) groups is 1. The highest BCUT2D eigenvalue weighted by Gasteiger charge is 2.18. The number of nitrogens with zero attached hydrogens (tertiary/aromatic N) is 1. The van der Waals surface area contributed by atoms with Gasteiger partial charge >= 0.3 is 0 Å². The third-order valence-electron chi connectivity index (χ3n) is 4.01. The van der Waals surface area contributed by atoms with Gasteiger partial charge in [-0.25, -0.2) is 0 Å². The number of nitrogens with two attached hydrogens (primary N) is 1. The summed E-state index contributed by atoms with van der Waals surface area (Å²) in [7, 11) is 2.23. The number of hydrogen-bond donors (Lipinski definition) is 1. The molecule has 110 valence electrons. The first-order valence-electron chi connectivity index (χ1n) is 7.40. The predicted octanol–water partition coefficient (Wildman–Crippen LogP) is 2.96. The van der Waals surface area contributed by atoms with Crippen molar-refractivity contribution in [3.8, 4) is 5.75 Å². The van der Waals surface area contributed by atoms with E-state index in [1.54, 1.807) is 0 Å². The van der Waals surface area contributed by atoms with Gasteiger partial charge in [-0.3, -0.25) is 0 Å². The highest BCUT2D eigenvalue weighted by Crippen LogP contribution is 2.22. The molecule has 1 aromatic carbocycles. The number of hydrogen-bond acceptors (Lipinski definition) is 3. The lowest BCUT2D eigenvalue weighted by Gasteiger charge is -2.23. The van der Waals surface area contributed by atoms with Crippen molar-refractivity contribution < 1.29 is 4.74 Å². The molecule has 1 saturated carbocycles. The first-order valence-corrected chi connectivity index (χ1v) is 7.80. The Morgan fingerprint density at radius 3 is 2.55 bits per heavy atom. The van der Waals surface area contributed by atoms with Crippen molar-refractivity contribution in [2.24, 2.45) is 5.73 Å². The monoisotopic (exact) mass is 292 g/mol. The summed E-state index contributed by atoms with van der Waals surface area (Å²) in [5.41, 5.74) is 6.45. The van der Waals surface area contributed by atoms with E-state index in [-0.39, 0.29) is 0 Å². The van der Waals surface area contributed by atoms with E-state index in [4.69, 9.17) is 22.7 Å². The Balaban J connectivity index is 1.66. The van der Waals surface area contributed by atoms with Gasteiger partial charge in [0.05, 0.1) is 6.61 Å². The maximum atomic E-state index is 5.74. The van der Waals surface area contributed by atoms with Crippen LogP contribution >= 0.6 is 12.2 Å². The van der Waals surface area contributed by atoms with Gasteiger partial charge in [0, 0.05) is 18.2 Å². The second kappa shape index (κ2) is 7.60. The van der Waals surface area contributed by atoms with Crippen molar-refractivity contribution >= 4 is 17.2 Å². The molecule has 4 heteroatoms. The summed E-state index contributed by atoms with van der Waals surface area (Å²) in [5, 5.41) is 0. The van der Waals surface area contributed by atoms with Crippen LogP contribution in [-0.4, -0.2) is 36.1 Å². The van der Waals surface area contributed by atoms with Crippen LogP contribution in [0.3, 0.4) is 0 Å². The molecule has 1 aromatic rings. The minimum Gasteiger partial charge on any atom is -0.494 e. The van der Waals surface area contributed by atoms with Crippen molar-refractivity contribution in [1.29, 1.82) is 0 Å². The van der Waals surface area contributed by atoms with Gasteiger partial charge in [0.25, 0.3) is 0 Å². The molecule has 0 spiro atoms. The average molecular weight is 292 g/mol. The van der Waals surface area contributed by atoms with E-state index < -0.39 is 0 Å². The van der Waals surface area contributed by atoms with E-state index in [1.165, 1.54) is 25.7 Å². The molecular weight excluding hydrogens is 268 g/mol. The molecule has 0 saturated heterocycles. The highest BCUT2D eigenvalue weighted by molar-refractivity contribution is 7.80. The Bertz CT molecular complexity index is 427. The second-order valence-electron chi connectivity index (χ2n) is 5.51. The fourth-order valence-electron chi connectivity index (χ4n) is 2.75. The lowest BCUT2D eigenvalue weighted by Crippen LogP contribution is -2.30. The summed E-state index contributed by atoms with van der Waals surface area (Å²) in [6.45, 7) is 1.86. The lowest BCUT2D eigenvalue weighted by molar-refractivity contribution is 0.216. The smallest absolute Gasteiger partial charge is 0.119 e. The van der Waals surface area contributed by atoms with Crippen molar-refractivity contribution in [2.45, 2.75) is 38.1 Å². The molecule has 1 aliphatic carbocycles. The first-order chi connectivity index (χ1) is 9.66. The zero-order valence-electron chi connectivity index (χ0n) is 12.2. The number of ether oxygens (including phenoxy) is 1. The Morgan fingerprint density at radius 2 is 1.95 bits per heavy atom. The molecule has 2 rings (SSSR count). The first kappa shape index (κ1) is 15.3. The van der Waals surface area contributed by atoms with Gasteiger partial charge in [0.2, 0.25) is 0 Å². The minimum absolute atomic E-state index is 0.426. The summed E-state index contributed by atoms with van der Waals surface area (Å²) in [6, 6.07) is 8.45. The normalized spacial score (nSPS) is 15.7. The van der Waals surface area contributed by atoms with Crippen molar-refractivity contribution in [3.63, 3.8) is 0 Å². The second-order valence-corrected chi connectivity index (χ2v) is 5.95. The molecule has 0 atom stereocenters. The summed E-state index contributed by atoms with van der Waals surface area (Å²) in [6.07, 6.45) is 6.56. The molecule has 20 heavy (non-hydrogen) atoms. The predicted molar refractivity (Wildman–Crippen MR) is 87.3 cm³/mol. The molecule has 0 radical (unpaired) electrons. The van der Waals surface area contributed by atoms with Crippen molar-refractivity contribution in [3.05, 3.63) is 29.8 Å². The molecule has 1 aliphatic rings. The fraction of sp³-hybridized carbons (Fsp3) is 0.562. The highest BCUT2D eigenvalue weighted by atomic mass is 32.1. The van der Waals surface area contributed by atoms with Crippen LogP contribution in [0.4, 0.5) is 0 Å². The van der Waals surface area contributed by atoms with Gasteiger partial charge in [-0.15, -0.1) is 0 Å². The molecule has 0 bridgehead atoms. The molecular formula is C16H24N2OS. The zero-order chi connectivity index (χ0) is 14.4.